The molecule has 1 amide bonds. The number of sulfonamides is 1. The summed E-state index contributed by atoms with van der Waals surface area (Å²) >= 11 is 6.09. The second-order valence-corrected chi connectivity index (χ2v) is 8.64. The monoisotopic (exact) mass is 438 g/mol. The molecule has 0 aliphatic carbocycles. The van der Waals surface area contributed by atoms with Crippen molar-refractivity contribution in [1.82, 2.24) is 4.72 Å². The Morgan fingerprint density at radius 3 is 2.24 bits per heavy atom. The molecule has 0 aliphatic rings. The first kappa shape index (κ1) is 23.2. The van der Waals surface area contributed by atoms with Crippen molar-refractivity contribution in [3.63, 3.8) is 0 Å². The highest BCUT2D eigenvalue weighted by molar-refractivity contribution is 7.89. The van der Waals surface area contributed by atoms with Crippen molar-refractivity contribution >= 4 is 33.2 Å². The molecule has 0 fully saturated rings. The third-order valence-electron chi connectivity index (χ3n) is 4.49. The first-order valence-electron chi connectivity index (χ1n) is 9.59. The lowest BCUT2D eigenvalue weighted by molar-refractivity contribution is -0.117. The number of para-hydroxylation sites is 1. The van der Waals surface area contributed by atoms with Gasteiger partial charge in [0, 0.05) is 5.69 Å². The van der Waals surface area contributed by atoms with E-state index in [1.165, 1.54) is 25.1 Å². The minimum absolute atomic E-state index is 0.0335. The number of aryl methyl sites for hydroxylation is 2. The average Bonchev–Trinajstić information content (AvgIpc) is 2.69. The summed E-state index contributed by atoms with van der Waals surface area (Å²) in [6.45, 7) is 7.74. The average molecular weight is 439 g/mol. The molecule has 8 heteroatoms. The van der Waals surface area contributed by atoms with Crippen molar-refractivity contribution in [3.05, 3.63) is 52.5 Å². The summed E-state index contributed by atoms with van der Waals surface area (Å²) in [4.78, 5) is 12.6. The van der Waals surface area contributed by atoms with Gasteiger partial charge in [0.15, 0.2) is 0 Å². The third kappa shape index (κ3) is 5.72. The second kappa shape index (κ2) is 10.1. The summed E-state index contributed by atoms with van der Waals surface area (Å²) in [6.07, 6.45) is 1.52. The molecule has 0 spiro atoms. The second-order valence-electron chi connectivity index (χ2n) is 6.52. The first-order chi connectivity index (χ1) is 13.7. The zero-order chi connectivity index (χ0) is 21.6. The maximum absolute atomic E-state index is 12.7. The Morgan fingerprint density at radius 1 is 1.10 bits per heavy atom. The molecular formula is C21H27ClN2O4S. The lowest BCUT2D eigenvalue weighted by Gasteiger charge is -2.18. The van der Waals surface area contributed by atoms with Gasteiger partial charge in [0.2, 0.25) is 15.9 Å². The fraction of sp³-hybridized carbons (Fsp3) is 0.381. The largest absolute Gasteiger partial charge is 0.492 e. The van der Waals surface area contributed by atoms with Gasteiger partial charge in [-0.05, 0) is 56.0 Å². The number of hydrogen-bond donors (Lipinski definition) is 2. The van der Waals surface area contributed by atoms with E-state index >= 15 is 0 Å². The van der Waals surface area contributed by atoms with Crippen LogP contribution >= 0.6 is 11.6 Å². The molecule has 0 unspecified atom stereocenters. The minimum Gasteiger partial charge on any atom is -0.492 e. The maximum Gasteiger partial charge on any atom is 0.242 e. The molecule has 2 aromatic carbocycles. The molecule has 6 nitrogen and oxygen atoms in total. The van der Waals surface area contributed by atoms with E-state index in [1.54, 1.807) is 0 Å². The molecule has 0 saturated carbocycles. The third-order valence-corrected chi connectivity index (χ3v) is 6.32. The van der Waals surface area contributed by atoms with Crippen LogP contribution in [0.3, 0.4) is 0 Å². The zero-order valence-electron chi connectivity index (χ0n) is 17.1. The van der Waals surface area contributed by atoms with Gasteiger partial charge in [-0.15, -0.1) is 0 Å². The normalized spacial score (nSPS) is 12.4. The fourth-order valence-corrected chi connectivity index (χ4v) is 4.44. The van der Waals surface area contributed by atoms with Crippen LogP contribution in [0.4, 0.5) is 5.69 Å². The number of nitrogens with one attached hydrogen (secondary N) is 2. The summed E-state index contributed by atoms with van der Waals surface area (Å²) in [5, 5.41) is 3.07. The van der Waals surface area contributed by atoms with Crippen molar-refractivity contribution in [2.75, 3.05) is 11.9 Å². The van der Waals surface area contributed by atoms with Crippen molar-refractivity contribution in [3.8, 4) is 5.75 Å². The molecule has 1 atom stereocenters. The lowest BCUT2D eigenvalue weighted by atomic mass is 10.0. The molecular weight excluding hydrogens is 412 g/mol. The Balaban J connectivity index is 2.18. The van der Waals surface area contributed by atoms with Crippen LogP contribution in [0.2, 0.25) is 5.02 Å². The Labute approximate surface area is 177 Å². The number of carbonyl (C=O) groups excluding carboxylic acids is 1. The van der Waals surface area contributed by atoms with Crippen LogP contribution in [0, 0.1) is 0 Å². The number of carbonyl (C=O) groups is 1. The number of halogens is 1. The molecule has 0 aliphatic heterocycles. The smallest absolute Gasteiger partial charge is 0.242 e. The van der Waals surface area contributed by atoms with Gasteiger partial charge in [0.25, 0.3) is 0 Å². The number of anilines is 1. The topological polar surface area (TPSA) is 84.5 Å². The number of benzene rings is 2. The van der Waals surface area contributed by atoms with Gasteiger partial charge in [-0.2, -0.15) is 4.72 Å². The van der Waals surface area contributed by atoms with Crippen LogP contribution in [0.5, 0.6) is 5.75 Å². The van der Waals surface area contributed by atoms with Crippen LogP contribution in [0.25, 0.3) is 0 Å². The number of rotatable bonds is 9. The molecule has 158 valence electrons. The highest BCUT2D eigenvalue weighted by atomic mass is 35.5. The molecule has 0 radical (unpaired) electrons. The summed E-state index contributed by atoms with van der Waals surface area (Å²) in [5.41, 5.74) is 2.76. The molecule has 0 heterocycles. The van der Waals surface area contributed by atoms with Crippen LogP contribution in [-0.4, -0.2) is 27.0 Å². The maximum atomic E-state index is 12.7. The van der Waals surface area contributed by atoms with Gasteiger partial charge in [-0.1, -0.05) is 43.6 Å². The van der Waals surface area contributed by atoms with E-state index in [2.05, 4.69) is 10.0 Å². The summed E-state index contributed by atoms with van der Waals surface area (Å²) in [7, 11) is -3.93. The van der Waals surface area contributed by atoms with E-state index in [0.717, 1.165) is 29.7 Å². The van der Waals surface area contributed by atoms with Gasteiger partial charge < -0.3 is 10.1 Å². The van der Waals surface area contributed by atoms with Gasteiger partial charge >= 0.3 is 0 Å². The Hall–Kier alpha value is -2.09. The predicted octanol–water partition coefficient (Wildman–Crippen LogP) is 4.17. The Bertz CT molecular complexity index is 954. The van der Waals surface area contributed by atoms with E-state index in [9.17, 15) is 13.2 Å². The van der Waals surface area contributed by atoms with Gasteiger partial charge in [0.05, 0.1) is 22.6 Å². The summed E-state index contributed by atoms with van der Waals surface area (Å²) in [5.74, 6) is -0.0246. The molecule has 0 bridgehead atoms. The first-order valence-corrected chi connectivity index (χ1v) is 11.5. The van der Waals surface area contributed by atoms with Gasteiger partial charge in [0.1, 0.15) is 5.75 Å². The van der Waals surface area contributed by atoms with Crippen molar-refractivity contribution in [1.29, 1.82) is 0 Å². The van der Waals surface area contributed by atoms with E-state index in [4.69, 9.17) is 16.3 Å². The molecule has 2 rings (SSSR count). The van der Waals surface area contributed by atoms with E-state index < -0.39 is 22.0 Å². The highest BCUT2D eigenvalue weighted by Gasteiger charge is 2.24. The summed E-state index contributed by atoms with van der Waals surface area (Å²) in [6, 6.07) is 9.08. The van der Waals surface area contributed by atoms with Crippen LogP contribution in [0.15, 0.2) is 41.3 Å². The molecule has 0 saturated heterocycles. The van der Waals surface area contributed by atoms with E-state index in [-0.39, 0.29) is 9.92 Å². The number of ether oxygens (including phenoxy) is 1. The number of hydrogen-bond acceptors (Lipinski definition) is 4. The van der Waals surface area contributed by atoms with Crippen molar-refractivity contribution in [2.24, 2.45) is 0 Å². The van der Waals surface area contributed by atoms with Crippen molar-refractivity contribution in [2.45, 2.75) is 51.5 Å². The Kier molecular flexibility index (Phi) is 8.07. The zero-order valence-corrected chi connectivity index (χ0v) is 18.7. The quantitative estimate of drug-likeness (QED) is 0.615. The van der Waals surface area contributed by atoms with Gasteiger partial charge in [-0.25, -0.2) is 8.42 Å². The highest BCUT2D eigenvalue weighted by Crippen LogP contribution is 2.27. The van der Waals surface area contributed by atoms with Gasteiger partial charge in [-0.3, -0.25) is 4.79 Å². The minimum atomic E-state index is -3.93. The SMILES string of the molecule is CCOc1ccc(S(=O)(=O)N[C@@H](C)C(=O)Nc2c(CC)cccc2CC)cc1Cl. The summed E-state index contributed by atoms with van der Waals surface area (Å²) < 4.78 is 33.1. The lowest BCUT2D eigenvalue weighted by Crippen LogP contribution is -2.41. The molecule has 0 aromatic heterocycles. The van der Waals surface area contributed by atoms with Crippen LogP contribution in [0.1, 0.15) is 38.8 Å². The fourth-order valence-electron chi connectivity index (χ4n) is 2.91. The molecule has 2 N–H and O–H groups in total. The molecule has 29 heavy (non-hydrogen) atoms. The van der Waals surface area contributed by atoms with E-state index in [1.807, 2.05) is 39.0 Å². The molecule has 2 aromatic rings. The van der Waals surface area contributed by atoms with Crippen LogP contribution in [-0.2, 0) is 27.7 Å². The number of amides is 1. The van der Waals surface area contributed by atoms with Crippen LogP contribution < -0.4 is 14.8 Å². The predicted molar refractivity (Wildman–Crippen MR) is 116 cm³/mol. The standard InChI is InChI=1S/C21H27ClN2O4S/c1-5-15-9-8-10-16(6-2)20(15)23-21(25)14(4)24-29(26,27)17-11-12-19(28-7-3)18(22)13-17/h8-14,24H,5-7H2,1-4H3,(H,23,25)/t14-/m0/s1. The Morgan fingerprint density at radius 2 is 1.72 bits per heavy atom. The van der Waals surface area contributed by atoms with E-state index in [0.29, 0.717) is 12.4 Å². The van der Waals surface area contributed by atoms with Crippen molar-refractivity contribution < 1.29 is 17.9 Å².